The summed E-state index contributed by atoms with van der Waals surface area (Å²) < 4.78 is 6.27. The minimum absolute atomic E-state index is 0.544. The fourth-order valence-electron chi connectivity index (χ4n) is 2.22. The van der Waals surface area contributed by atoms with Crippen molar-refractivity contribution < 1.29 is 14.6 Å². The molecule has 0 amide bonds. The van der Waals surface area contributed by atoms with Crippen LogP contribution in [0.3, 0.4) is 0 Å². The van der Waals surface area contributed by atoms with Gasteiger partial charge < -0.3 is 9.84 Å². The molecule has 4 heteroatoms. The summed E-state index contributed by atoms with van der Waals surface area (Å²) in [5.74, 6) is -0.705. The second-order valence-corrected chi connectivity index (χ2v) is 5.42. The minimum Gasteiger partial charge on any atom is -0.481 e. The summed E-state index contributed by atoms with van der Waals surface area (Å²) in [5, 5.41) is 9.44. The van der Waals surface area contributed by atoms with Crippen molar-refractivity contribution in [1.29, 1.82) is 0 Å². The summed E-state index contributed by atoms with van der Waals surface area (Å²) in [5.41, 5.74) is 0.420. The number of halogens is 1. The first-order valence-electron chi connectivity index (χ1n) is 5.68. The van der Waals surface area contributed by atoms with E-state index < -0.39 is 11.4 Å². The van der Waals surface area contributed by atoms with Gasteiger partial charge in [-0.05, 0) is 37.0 Å². The molecule has 1 saturated heterocycles. The number of hydrogen-bond acceptors (Lipinski definition) is 2. The lowest BCUT2D eigenvalue weighted by molar-refractivity contribution is -0.154. The number of carboxylic acid groups (broad SMARTS) is 1. The van der Waals surface area contributed by atoms with Gasteiger partial charge in [0.15, 0.2) is 0 Å². The zero-order chi connectivity index (χ0) is 12.3. The van der Waals surface area contributed by atoms with E-state index >= 15 is 0 Å². The average molecular weight is 299 g/mol. The van der Waals surface area contributed by atoms with Crippen LogP contribution in [0.5, 0.6) is 0 Å². The Morgan fingerprint density at radius 3 is 2.41 bits per heavy atom. The zero-order valence-electron chi connectivity index (χ0n) is 9.49. The Morgan fingerprint density at radius 2 is 1.88 bits per heavy atom. The van der Waals surface area contributed by atoms with Crippen molar-refractivity contribution in [1.82, 2.24) is 0 Å². The van der Waals surface area contributed by atoms with Crippen LogP contribution in [0.4, 0.5) is 0 Å². The first-order valence-corrected chi connectivity index (χ1v) is 6.47. The molecule has 0 aliphatic carbocycles. The summed E-state index contributed by atoms with van der Waals surface area (Å²) in [4.78, 5) is 11.5. The van der Waals surface area contributed by atoms with Crippen LogP contribution >= 0.6 is 15.9 Å². The molecule has 1 N–H and O–H groups in total. The molecule has 17 heavy (non-hydrogen) atoms. The van der Waals surface area contributed by atoms with Gasteiger partial charge in [-0.2, -0.15) is 0 Å². The van der Waals surface area contributed by atoms with Gasteiger partial charge in [0, 0.05) is 17.7 Å². The van der Waals surface area contributed by atoms with Crippen molar-refractivity contribution in [3.8, 4) is 0 Å². The maximum absolute atomic E-state index is 11.5. The molecule has 0 unspecified atom stereocenters. The SMILES string of the molecule is O=C(O)C1(Cc2ccc(Br)cc2)CCOCC1. The lowest BCUT2D eigenvalue weighted by atomic mass is 9.75. The fraction of sp³-hybridized carbons (Fsp3) is 0.462. The van der Waals surface area contributed by atoms with Crippen molar-refractivity contribution in [2.45, 2.75) is 19.3 Å². The Labute approximate surface area is 109 Å². The molecule has 0 spiro atoms. The fourth-order valence-corrected chi connectivity index (χ4v) is 2.49. The number of aliphatic carboxylic acids is 1. The van der Waals surface area contributed by atoms with Gasteiger partial charge in [-0.3, -0.25) is 4.79 Å². The minimum atomic E-state index is -0.705. The molecular weight excluding hydrogens is 284 g/mol. The monoisotopic (exact) mass is 298 g/mol. The van der Waals surface area contributed by atoms with E-state index in [1.165, 1.54) is 0 Å². The third kappa shape index (κ3) is 2.87. The van der Waals surface area contributed by atoms with Crippen LogP contribution < -0.4 is 0 Å². The third-order valence-electron chi connectivity index (χ3n) is 3.36. The van der Waals surface area contributed by atoms with Crippen molar-refractivity contribution in [3.63, 3.8) is 0 Å². The number of carbonyl (C=O) groups is 1. The van der Waals surface area contributed by atoms with Crippen LogP contribution in [0, 0.1) is 5.41 Å². The lowest BCUT2D eigenvalue weighted by Gasteiger charge is -2.33. The largest absolute Gasteiger partial charge is 0.481 e. The number of rotatable bonds is 3. The molecule has 0 radical (unpaired) electrons. The number of benzene rings is 1. The van der Waals surface area contributed by atoms with Gasteiger partial charge >= 0.3 is 5.97 Å². The predicted octanol–water partition coefficient (Wildman–Crippen LogP) is 2.87. The van der Waals surface area contributed by atoms with E-state index in [4.69, 9.17) is 4.74 Å². The zero-order valence-corrected chi connectivity index (χ0v) is 11.1. The standard InChI is InChI=1S/C13H15BrO3/c14-11-3-1-10(2-4-11)9-13(12(15)16)5-7-17-8-6-13/h1-4H,5-9H2,(H,15,16). The highest BCUT2D eigenvalue weighted by Gasteiger charge is 2.40. The van der Waals surface area contributed by atoms with Crippen LogP contribution in [0.1, 0.15) is 18.4 Å². The normalized spacial score (nSPS) is 18.9. The van der Waals surface area contributed by atoms with Crippen molar-refractivity contribution in [3.05, 3.63) is 34.3 Å². The number of ether oxygens (including phenoxy) is 1. The van der Waals surface area contributed by atoms with Crippen LogP contribution in [0.25, 0.3) is 0 Å². The molecule has 1 aliphatic heterocycles. The smallest absolute Gasteiger partial charge is 0.310 e. The number of carboxylic acids is 1. The Bertz CT molecular complexity index is 394. The average Bonchev–Trinajstić information content (AvgIpc) is 2.33. The van der Waals surface area contributed by atoms with Gasteiger partial charge in [-0.25, -0.2) is 0 Å². The van der Waals surface area contributed by atoms with Crippen LogP contribution in [-0.4, -0.2) is 24.3 Å². The second kappa shape index (κ2) is 5.19. The van der Waals surface area contributed by atoms with E-state index in [0.717, 1.165) is 10.0 Å². The number of hydrogen-bond donors (Lipinski definition) is 1. The van der Waals surface area contributed by atoms with E-state index in [-0.39, 0.29) is 0 Å². The molecule has 1 aromatic carbocycles. The summed E-state index contributed by atoms with van der Waals surface area (Å²) in [7, 11) is 0. The van der Waals surface area contributed by atoms with E-state index in [1.54, 1.807) is 0 Å². The molecule has 1 aliphatic rings. The quantitative estimate of drug-likeness (QED) is 0.933. The third-order valence-corrected chi connectivity index (χ3v) is 3.89. The topological polar surface area (TPSA) is 46.5 Å². The van der Waals surface area contributed by atoms with Crippen LogP contribution in [0.2, 0.25) is 0 Å². The molecule has 0 aromatic heterocycles. The predicted molar refractivity (Wildman–Crippen MR) is 68.0 cm³/mol. The molecule has 1 fully saturated rings. The summed E-state index contributed by atoms with van der Waals surface area (Å²) in [6.45, 7) is 1.09. The van der Waals surface area contributed by atoms with Gasteiger partial charge in [-0.15, -0.1) is 0 Å². The Balaban J connectivity index is 2.17. The van der Waals surface area contributed by atoms with Gasteiger partial charge in [0.25, 0.3) is 0 Å². The van der Waals surface area contributed by atoms with Gasteiger partial charge in [0.05, 0.1) is 5.41 Å². The van der Waals surface area contributed by atoms with Gasteiger partial charge in [0.2, 0.25) is 0 Å². The first kappa shape index (κ1) is 12.6. The maximum atomic E-state index is 11.5. The van der Waals surface area contributed by atoms with Gasteiger partial charge in [0.1, 0.15) is 0 Å². The van der Waals surface area contributed by atoms with Crippen molar-refractivity contribution in [2.75, 3.05) is 13.2 Å². The lowest BCUT2D eigenvalue weighted by Crippen LogP contribution is -2.39. The van der Waals surface area contributed by atoms with Gasteiger partial charge in [-0.1, -0.05) is 28.1 Å². The Morgan fingerprint density at radius 1 is 1.29 bits per heavy atom. The van der Waals surface area contributed by atoms with Crippen molar-refractivity contribution >= 4 is 21.9 Å². The molecule has 1 aromatic rings. The van der Waals surface area contributed by atoms with E-state index in [0.29, 0.717) is 32.5 Å². The van der Waals surface area contributed by atoms with Crippen LogP contribution in [0.15, 0.2) is 28.7 Å². The molecule has 1 heterocycles. The molecule has 0 bridgehead atoms. The Kier molecular flexibility index (Phi) is 3.84. The van der Waals surface area contributed by atoms with Crippen LogP contribution in [-0.2, 0) is 16.0 Å². The van der Waals surface area contributed by atoms with Crippen molar-refractivity contribution in [2.24, 2.45) is 5.41 Å². The van der Waals surface area contributed by atoms with E-state index in [9.17, 15) is 9.90 Å². The molecule has 92 valence electrons. The van der Waals surface area contributed by atoms with E-state index in [2.05, 4.69) is 15.9 Å². The molecule has 3 nitrogen and oxygen atoms in total. The molecule has 0 atom stereocenters. The summed E-state index contributed by atoms with van der Waals surface area (Å²) in [6, 6.07) is 7.85. The molecule has 0 saturated carbocycles. The highest BCUT2D eigenvalue weighted by atomic mass is 79.9. The molecular formula is C13H15BrO3. The maximum Gasteiger partial charge on any atom is 0.310 e. The summed E-state index contributed by atoms with van der Waals surface area (Å²) in [6.07, 6.45) is 1.77. The molecule has 2 rings (SSSR count). The first-order chi connectivity index (χ1) is 8.12. The summed E-state index contributed by atoms with van der Waals surface area (Å²) >= 11 is 3.38. The highest BCUT2D eigenvalue weighted by Crippen LogP contribution is 2.34. The van der Waals surface area contributed by atoms with E-state index in [1.807, 2.05) is 24.3 Å². The Hall–Kier alpha value is -0.870. The highest BCUT2D eigenvalue weighted by molar-refractivity contribution is 9.10. The second-order valence-electron chi connectivity index (χ2n) is 4.50.